The van der Waals surface area contributed by atoms with Gasteiger partial charge in [0, 0.05) is 59.8 Å². The minimum absolute atomic E-state index is 0.106. The molecule has 0 saturated carbocycles. The minimum Gasteiger partial charge on any atom is -0.378 e. The molecule has 0 aliphatic carbocycles. The third kappa shape index (κ3) is 6.53. The van der Waals surface area contributed by atoms with Crippen molar-refractivity contribution in [1.82, 2.24) is 9.80 Å². The molecule has 10 nitrogen and oxygen atoms in total. The number of morpholine rings is 2. The van der Waals surface area contributed by atoms with Crippen LogP contribution >= 0.6 is 0 Å². The second-order valence-electron chi connectivity index (χ2n) is 9.46. The van der Waals surface area contributed by atoms with E-state index in [1.165, 1.54) is 0 Å². The Hall–Kier alpha value is -4.54. The lowest BCUT2D eigenvalue weighted by Gasteiger charge is -2.27. The molecule has 3 aromatic carbocycles. The van der Waals surface area contributed by atoms with Gasteiger partial charge in [-0.25, -0.2) is 0 Å². The van der Waals surface area contributed by atoms with Gasteiger partial charge >= 0.3 is 0 Å². The first-order valence-corrected chi connectivity index (χ1v) is 13.1. The average molecular weight is 543 g/mol. The number of carbonyl (C=O) groups excluding carboxylic acids is 4. The van der Waals surface area contributed by atoms with E-state index in [0.29, 0.717) is 86.2 Å². The summed E-state index contributed by atoms with van der Waals surface area (Å²) in [6.45, 7) is 4.18. The number of rotatable bonds is 6. The molecule has 3 aromatic rings. The summed E-state index contributed by atoms with van der Waals surface area (Å²) in [6.07, 6.45) is 0. The highest BCUT2D eigenvalue weighted by molar-refractivity contribution is 6.08. The second-order valence-corrected chi connectivity index (χ2v) is 9.46. The van der Waals surface area contributed by atoms with Crippen LogP contribution in [0.4, 0.5) is 11.4 Å². The summed E-state index contributed by atoms with van der Waals surface area (Å²) in [6, 6.07) is 19.9. The van der Waals surface area contributed by atoms with Crippen LogP contribution in [0.5, 0.6) is 0 Å². The number of amides is 4. The van der Waals surface area contributed by atoms with Gasteiger partial charge in [0.25, 0.3) is 23.6 Å². The van der Waals surface area contributed by atoms with Crippen molar-refractivity contribution in [1.29, 1.82) is 0 Å². The van der Waals surface area contributed by atoms with Crippen LogP contribution in [0.3, 0.4) is 0 Å². The van der Waals surface area contributed by atoms with Crippen LogP contribution in [0.2, 0.25) is 0 Å². The van der Waals surface area contributed by atoms with E-state index in [1.807, 2.05) is 0 Å². The first-order chi connectivity index (χ1) is 19.5. The Morgan fingerprint density at radius 1 is 0.525 bits per heavy atom. The van der Waals surface area contributed by atoms with E-state index in [0.717, 1.165) is 0 Å². The van der Waals surface area contributed by atoms with Crippen molar-refractivity contribution in [2.45, 2.75) is 0 Å². The highest BCUT2D eigenvalue weighted by atomic mass is 16.5. The highest BCUT2D eigenvalue weighted by Crippen LogP contribution is 2.17. The van der Waals surface area contributed by atoms with Crippen LogP contribution in [-0.2, 0) is 9.47 Å². The Balaban J connectivity index is 1.19. The van der Waals surface area contributed by atoms with Crippen molar-refractivity contribution in [2.75, 3.05) is 63.2 Å². The van der Waals surface area contributed by atoms with Crippen molar-refractivity contribution in [2.24, 2.45) is 0 Å². The topological polar surface area (TPSA) is 117 Å². The van der Waals surface area contributed by atoms with Gasteiger partial charge in [-0.1, -0.05) is 12.1 Å². The first kappa shape index (κ1) is 27.0. The number of benzene rings is 3. The maximum absolute atomic E-state index is 12.8. The second kappa shape index (κ2) is 12.5. The van der Waals surface area contributed by atoms with Gasteiger partial charge < -0.3 is 29.9 Å². The monoisotopic (exact) mass is 542 g/mol. The van der Waals surface area contributed by atoms with Gasteiger partial charge in [-0.3, -0.25) is 19.2 Å². The zero-order valence-electron chi connectivity index (χ0n) is 21.9. The maximum Gasteiger partial charge on any atom is 0.255 e. The first-order valence-electron chi connectivity index (χ1n) is 13.1. The molecular weight excluding hydrogens is 512 g/mol. The van der Waals surface area contributed by atoms with E-state index in [-0.39, 0.29) is 23.6 Å². The summed E-state index contributed by atoms with van der Waals surface area (Å²) >= 11 is 0. The number of ether oxygens (including phenoxy) is 2. The Morgan fingerprint density at radius 3 is 1.27 bits per heavy atom. The number of hydrogen-bond donors (Lipinski definition) is 2. The third-order valence-corrected chi connectivity index (χ3v) is 6.74. The fourth-order valence-electron chi connectivity index (χ4n) is 4.54. The summed E-state index contributed by atoms with van der Waals surface area (Å²) in [5.74, 6) is -0.939. The van der Waals surface area contributed by atoms with Gasteiger partial charge in [0.15, 0.2) is 0 Å². The summed E-state index contributed by atoms with van der Waals surface area (Å²) in [4.78, 5) is 54.6. The lowest BCUT2D eigenvalue weighted by atomic mass is 10.1. The fraction of sp³-hybridized carbons (Fsp3) is 0.267. The molecule has 4 amide bonds. The zero-order valence-corrected chi connectivity index (χ0v) is 21.9. The van der Waals surface area contributed by atoms with Crippen LogP contribution < -0.4 is 10.6 Å². The lowest BCUT2D eigenvalue weighted by molar-refractivity contribution is 0.0301. The Morgan fingerprint density at radius 2 is 0.900 bits per heavy atom. The Bertz CT molecular complexity index is 1290. The molecule has 0 unspecified atom stereocenters. The van der Waals surface area contributed by atoms with Gasteiger partial charge in [-0.2, -0.15) is 0 Å². The molecule has 0 atom stereocenters. The molecule has 2 aliphatic rings. The van der Waals surface area contributed by atoms with Gasteiger partial charge in [0.2, 0.25) is 0 Å². The SMILES string of the molecule is O=C(Nc1cccc(C(=O)N2CCOCC2)c1)c1ccc(C(=O)Nc2cccc(C(=O)N3CCOCC3)c2)cc1. The van der Waals surface area contributed by atoms with E-state index in [9.17, 15) is 19.2 Å². The molecule has 10 heteroatoms. The predicted molar refractivity (Wildman–Crippen MR) is 149 cm³/mol. The predicted octanol–water partition coefficient (Wildman–Crippen LogP) is 3.14. The standard InChI is InChI=1S/C30H30N4O6/c35-27(31-25-5-1-3-23(19-25)29(37)33-11-15-39-16-12-33)21-7-9-22(10-8-21)28(36)32-26-6-2-4-24(20-26)30(38)34-13-17-40-18-14-34/h1-10,19-20H,11-18H2,(H,31,35)(H,32,36). The average Bonchev–Trinajstić information content (AvgIpc) is 3.01. The molecule has 0 radical (unpaired) electrons. The summed E-state index contributed by atoms with van der Waals surface area (Å²) in [7, 11) is 0. The van der Waals surface area contributed by atoms with E-state index >= 15 is 0 Å². The fourth-order valence-corrected chi connectivity index (χ4v) is 4.54. The summed E-state index contributed by atoms with van der Waals surface area (Å²) in [5, 5.41) is 5.62. The molecular formula is C30H30N4O6. The number of hydrogen-bond acceptors (Lipinski definition) is 6. The van der Waals surface area contributed by atoms with Crippen LogP contribution in [0.25, 0.3) is 0 Å². The van der Waals surface area contributed by atoms with E-state index in [2.05, 4.69) is 10.6 Å². The summed E-state index contributed by atoms with van der Waals surface area (Å²) in [5.41, 5.74) is 2.69. The van der Waals surface area contributed by atoms with Crippen molar-refractivity contribution in [3.8, 4) is 0 Å². The largest absolute Gasteiger partial charge is 0.378 e. The van der Waals surface area contributed by atoms with Gasteiger partial charge in [-0.05, 0) is 60.7 Å². The molecule has 2 aliphatic heterocycles. The van der Waals surface area contributed by atoms with Crippen molar-refractivity contribution in [3.63, 3.8) is 0 Å². The maximum atomic E-state index is 12.8. The highest BCUT2D eigenvalue weighted by Gasteiger charge is 2.20. The molecule has 0 spiro atoms. The van der Waals surface area contributed by atoms with Gasteiger partial charge in [0.05, 0.1) is 26.4 Å². The van der Waals surface area contributed by atoms with E-state index < -0.39 is 0 Å². The van der Waals surface area contributed by atoms with Crippen LogP contribution in [0.1, 0.15) is 41.4 Å². The molecule has 5 rings (SSSR count). The Labute approximate surface area is 231 Å². The lowest BCUT2D eigenvalue weighted by Crippen LogP contribution is -2.40. The smallest absolute Gasteiger partial charge is 0.255 e. The quantitative estimate of drug-likeness (QED) is 0.494. The molecule has 0 aromatic heterocycles. The minimum atomic E-state index is -0.364. The normalized spacial score (nSPS) is 15.3. The third-order valence-electron chi connectivity index (χ3n) is 6.74. The van der Waals surface area contributed by atoms with Gasteiger partial charge in [0.1, 0.15) is 0 Å². The van der Waals surface area contributed by atoms with Crippen LogP contribution in [0, 0.1) is 0 Å². The zero-order chi connectivity index (χ0) is 27.9. The van der Waals surface area contributed by atoms with Crippen molar-refractivity contribution < 1.29 is 28.7 Å². The number of nitrogens with one attached hydrogen (secondary N) is 2. The van der Waals surface area contributed by atoms with Gasteiger partial charge in [-0.15, -0.1) is 0 Å². The molecule has 0 bridgehead atoms. The molecule has 2 saturated heterocycles. The number of anilines is 2. The van der Waals surface area contributed by atoms with Crippen LogP contribution in [0.15, 0.2) is 72.8 Å². The molecule has 40 heavy (non-hydrogen) atoms. The molecule has 2 fully saturated rings. The molecule has 2 heterocycles. The van der Waals surface area contributed by atoms with Crippen molar-refractivity contribution in [3.05, 3.63) is 95.1 Å². The Kier molecular flexibility index (Phi) is 8.48. The number of nitrogens with zero attached hydrogens (tertiary/aromatic N) is 2. The molecule has 2 N–H and O–H groups in total. The molecule has 206 valence electrons. The summed E-state index contributed by atoms with van der Waals surface area (Å²) < 4.78 is 10.6. The van der Waals surface area contributed by atoms with Crippen molar-refractivity contribution >= 4 is 35.0 Å². The number of carbonyl (C=O) groups is 4. The van der Waals surface area contributed by atoms with E-state index in [4.69, 9.17) is 9.47 Å². The van der Waals surface area contributed by atoms with Crippen LogP contribution in [-0.4, -0.2) is 86.0 Å². The van der Waals surface area contributed by atoms with E-state index in [1.54, 1.807) is 82.6 Å².